The zero-order valence-corrected chi connectivity index (χ0v) is 11.8. The number of hydrogen-bond donors (Lipinski definition) is 0. The predicted molar refractivity (Wildman–Crippen MR) is 73.5 cm³/mol. The summed E-state index contributed by atoms with van der Waals surface area (Å²) in [6.45, 7) is 0.684. The van der Waals surface area contributed by atoms with Crippen molar-refractivity contribution in [1.29, 1.82) is 0 Å². The summed E-state index contributed by atoms with van der Waals surface area (Å²) in [7, 11) is 0. The highest BCUT2D eigenvalue weighted by molar-refractivity contribution is 5.98. The fraction of sp³-hybridized carbons (Fsp3) is 0.400. The highest BCUT2D eigenvalue weighted by atomic mass is 19.1. The van der Waals surface area contributed by atoms with Crippen LogP contribution in [0.1, 0.15) is 23.2 Å². The minimum Gasteiger partial charge on any atom is -0.439 e. The molecule has 3 rings (SSSR count). The lowest BCUT2D eigenvalue weighted by atomic mass is 10.0. The van der Waals surface area contributed by atoms with Crippen LogP contribution >= 0.6 is 0 Å². The van der Waals surface area contributed by atoms with Gasteiger partial charge in [0.15, 0.2) is 6.61 Å². The standard InChI is InChI=1S/C15H15FN2O4/c16-11-3-1-10(2-4-11)14(20)17-7-5-12(6-8-17)18-13(19)9-22-15(18)21/h1-4,12H,5-9H2. The molecule has 116 valence electrons. The van der Waals surface area contributed by atoms with Gasteiger partial charge in [-0.05, 0) is 37.1 Å². The summed E-state index contributed by atoms with van der Waals surface area (Å²) in [5.74, 6) is -0.886. The average molecular weight is 306 g/mol. The lowest BCUT2D eigenvalue weighted by molar-refractivity contribution is -0.127. The van der Waals surface area contributed by atoms with Gasteiger partial charge in [0.05, 0.1) is 0 Å². The molecule has 2 saturated heterocycles. The molecule has 0 aromatic heterocycles. The molecule has 0 saturated carbocycles. The molecule has 2 fully saturated rings. The Bertz CT molecular complexity index is 592. The van der Waals surface area contributed by atoms with Crippen molar-refractivity contribution in [3.8, 4) is 0 Å². The van der Waals surface area contributed by atoms with Gasteiger partial charge in [0.1, 0.15) is 5.82 Å². The Morgan fingerprint density at radius 1 is 1.14 bits per heavy atom. The zero-order chi connectivity index (χ0) is 15.7. The number of carbonyl (C=O) groups is 3. The normalized spacial score (nSPS) is 19.5. The lowest BCUT2D eigenvalue weighted by Crippen LogP contribution is -2.48. The SMILES string of the molecule is O=C(c1ccc(F)cc1)N1CCC(N2C(=O)COC2=O)CC1. The van der Waals surface area contributed by atoms with E-state index in [1.54, 1.807) is 4.90 Å². The van der Waals surface area contributed by atoms with Crippen LogP contribution in [-0.2, 0) is 9.53 Å². The van der Waals surface area contributed by atoms with Crippen LogP contribution in [0.3, 0.4) is 0 Å². The second-order valence-corrected chi connectivity index (χ2v) is 5.35. The third-order valence-corrected chi connectivity index (χ3v) is 3.99. The molecule has 2 heterocycles. The van der Waals surface area contributed by atoms with E-state index < -0.39 is 6.09 Å². The van der Waals surface area contributed by atoms with E-state index in [2.05, 4.69) is 0 Å². The quantitative estimate of drug-likeness (QED) is 0.828. The molecule has 0 atom stereocenters. The Hall–Kier alpha value is -2.44. The van der Waals surface area contributed by atoms with Crippen molar-refractivity contribution in [2.75, 3.05) is 19.7 Å². The molecule has 3 amide bonds. The summed E-state index contributed by atoms with van der Waals surface area (Å²) in [4.78, 5) is 38.2. The summed E-state index contributed by atoms with van der Waals surface area (Å²) in [5.41, 5.74) is 0.427. The summed E-state index contributed by atoms with van der Waals surface area (Å²) < 4.78 is 17.6. The molecule has 0 spiro atoms. The van der Waals surface area contributed by atoms with Crippen LogP contribution in [0.4, 0.5) is 9.18 Å². The summed E-state index contributed by atoms with van der Waals surface area (Å²) in [6.07, 6.45) is 0.440. The van der Waals surface area contributed by atoms with E-state index >= 15 is 0 Å². The number of ether oxygens (including phenoxy) is 1. The van der Waals surface area contributed by atoms with E-state index in [4.69, 9.17) is 4.74 Å². The van der Waals surface area contributed by atoms with Gasteiger partial charge in [-0.1, -0.05) is 0 Å². The molecule has 0 aliphatic carbocycles. The number of cyclic esters (lactones) is 1. The molecule has 2 aliphatic heterocycles. The van der Waals surface area contributed by atoms with Gasteiger partial charge in [-0.2, -0.15) is 0 Å². The maximum absolute atomic E-state index is 12.9. The monoisotopic (exact) mass is 306 g/mol. The molecule has 0 N–H and O–H groups in total. The molecule has 0 radical (unpaired) electrons. The molecule has 22 heavy (non-hydrogen) atoms. The van der Waals surface area contributed by atoms with Crippen LogP contribution in [0, 0.1) is 5.82 Å². The highest BCUT2D eigenvalue weighted by Crippen LogP contribution is 2.22. The van der Waals surface area contributed by atoms with Gasteiger partial charge in [-0.25, -0.2) is 14.1 Å². The van der Waals surface area contributed by atoms with Crippen molar-refractivity contribution in [2.45, 2.75) is 18.9 Å². The second-order valence-electron chi connectivity index (χ2n) is 5.35. The van der Waals surface area contributed by atoms with E-state index in [-0.39, 0.29) is 30.3 Å². The van der Waals surface area contributed by atoms with Crippen LogP contribution in [0.5, 0.6) is 0 Å². The number of imide groups is 1. The fourth-order valence-electron chi connectivity index (χ4n) is 2.82. The summed E-state index contributed by atoms with van der Waals surface area (Å²) in [6, 6.07) is 5.17. The minimum absolute atomic E-state index is 0.172. The van der Waals surface area contributed by atoms with Crippen molar-refractivity contribution in [3.05, 3.63) is 35.6 Å². The van der Waals surface area contributed by atoms with Gasteiger partial charge < -0.3 is 9.64 Å². The Balaban J connectivity index is 1.62. The maximum atomic E-state index is 12.9. The second kappa shape index (κ2) is 5.75. The van der Waals surface area contributed by atoms with Gasteiger partial charge >= 0.3 is 6.09 Å². The Morgan fingerprint density at radius 3 is 2.32 bits per heavy atom. The van der Waals surface area contributed by atoms with Crippen molar-refractivity contribution in [1.82, 2.24) is 9.80 Å². The summed E-state index contributed by atoms with van der Waals surface area (Å²) in [5, 5.41) is 0. The lowest BCUT2D eigenvalue weighted by Gasteiger charge is -2.34. The van der Waals surface area contributed by atoms with Gasteiger partial charge in [0, 0.05) is 24.7 Å². The smallest absolute Gasteiger partial charge is 0.417 e. The van der Waals surface area contributed by atoms with Crippen molar-refractivity contribution >= 4 is 17.9 Å². The summed E-state index contributed by atoms with van der Waals surface area (Å²) >= 11 is 0. The van der Waals surface area contributed by atoms with Gasteiger partial charge in [-0.3, -0.25) is 9.59 Å². The topological polar surface area (TPSA) is 66.9 Å². The Kier molecular flexibility index (Phi) is 3.79. The molecule has 1 aromatic carbocycles. The first-order valence-electron chi connectivity index (χ1n) is 7.10. The van der Waals surface area contributed by atoms with E-state index in [1.807, 2.05) is 0 Å². The molecule has 1 aromatic rings. The number of amides is 3. The first kappa shape index (κ1) is 14.5. The largest absolute Gasteiger partial charge is 0.439 e. The molecular weight excluding hydrogens is 291 g/mol. The predicted octanol–water partition coefficient (Wildman–Crippen LogP) is 1.41. The number of likely N-dealkylation sites (tertiary alicyclic amines) is 1. The van der Waals surface area contributed by atoms with Gasteiger partial charge in [0.2, 0.25) is 0 Å². The minimum atomic E-state index is -0.603. The molecule has 6 nitrogen and oxygen atoms in total. The van der Waals surface area contributed by atoms with Crippen molar-refractivity contribution in [2.24, 2.45) is 0 Å². The molecule has 0 unspecified atom stereocenters. The first-order valence-corrected chi connectivity index (χ1v) is 7.10. The molecule has 7 heteroatoms. The first-order chi connectivity index (χ1) is 10.6. The highest BCUT2D eigenvalue weighted by Gasteiger charge is 2.39. The van der Waals surface area contributed by atoms with Crippen LogP contribution in [0.25, 0.3) is 0 Å². The maximum Gasteiger partial charge on any atom is 0.417 e. The number of carbonyl (C=O) groups excluding carboxylic acids is 3. The van der Waals surface area contributed by atoms with Gasteiger partial charge in [0.25, 0.3) is 11.8 Å². The third kappa shape index (κ3) is 2.66. The average Bonchev–Trinajstić information content (AvgIpc) is 2.86. The van der Waals surface area contributed by atoms with E-state index in [0.29, 0.717) is 31.5 Å². The number of rotatable bonds is 2. The van der Waals surface area contributed by atoms with Crippen LogP contribution in [-0.4, -0.2) is 53.4 Å². The number of piperidine rings is 1. The molecular formula is C15H15FN2O4. The number of nitrogens with zero attached hydrogens (tertiary/aromatic N) is 2. The Morgan fingerprint density at radius 2 is 1.77 bits per heavy atom. The molecule has 2 aliphatic rings. The number of halogens is 1. The number of hydrogen-bond acceptors (Lipinski definition) is 4. The zero-order valence-electron chi connectivity index (χ0n) is 11.8. The fourth-order valence-corrected chi connectivity index (χ4v) is 2.82. The van der Waals surface area contributed by atoms with E-state index in [1.165, 1.54) is 24.3 Å². The van der Waals surface area contributed by atoms with Crippen LogP contribution < -0.4 is 0 Å². The van der Waals surface area contributed by atoms with Crippen LogP contribution in [0.2, 0.25) is 0 Å². The van der Waals surface area contributed by atoms with Crippen molar-refractivity contribution in [3.63, 3.8) is 0 Å². The number of benzene rings is 1. The van der Waals surface area contributed by atoms with Gasteiger partial charge in [-0.15, -0.1) is 0 Å². The van der Waals surface area contributed by atoms with Crippen LogP contribution in [0.15, 0.2) is 24.3 Å². The van der Waals surface area contributed by atoms with E-state index in [9.17, 15) is 18.8 Å². The molecule has 0 bridgehead atoms. The third-order valence-electron chi connectivity index (χ3n) is 3.99. The van der Waals surface area contributed by atoms with E-state index in [0.717, 1.165) is 4.90 Å². The van der Waals surface area contributed by atoms with Crippen molar-refractivity contribution < 1.29 is 23.5 Å². The Labute approximate surface area is 126 Å².